The van der Waals surface area contributed by atoms with Gasteiger partial charge in [0.05, 0.1) is 5.69 Å². The van der Waals surface area contributed by atoms with Gasteiger partial charge in [0.15, 0.2) is 5.78 Å². The second-order valence-corrected chi connectivity index (χ2v) is 5.62. The van der Waals surface area contributed by atoms with E-state index in [2.05, 4.69) is 11.0 Å². The molecule has 0 atom stereocenters. The largest absolute Gasteiger partial charge is 0.381 e. The molecule has 2 heterocycles. The molecule has 0 unspecified atom stereocenters. The topological polar surface area (TPSA) is 29.5 Å². The molecule has 1 saturated heterocycles. The fraction of sp³-hybridized carbons (Fsp3) is 0.562. The van der Waals surface area contributed by atoms with E-state index in [1.54, 1.807) is 6.92 Å². The third kappa shape index (κ3) is 2.52. The maximum Gasteiger partial charge on any atom is 0.161 e. The minimum atomic E-state index is 0.177. The van der Waals surface area contributed by atoms with Crippen molar-refractivity contribution in [3.05, 3.63) is 29.3 Å². The summed E-state index contributed by atoms with van der Waals surface area (Å²) in [7, 11) is 0. The number of para-hydroxylation sites is 1. The van der Waals surface area contributed by atoms with Crippen LogP contribution in [-0.2, 0) is 11.2 Å². The highest BCUT2D eigenvalue weighted by Gasteiger charge is 2.26. The number of hydrogen-bond donors (Lipinski definition) is 0. The fourth-order valence-corrected chi connectivity index (χ4v) is 3.24. The molecule has 1 aromatic carbocycles. The van der Waals surface area contributed by atoms with Crippen LogP contribution in [0.25, 0.3) is 0 Å². The van der Waals surface area contributed by atoms with Crippen molar-refractivity contribution >= 4 is 11.5 Å². The SMILES string of the molecule is CC(=O)c1cccc2c1N(CC1CCOCC1)CC2. The standard InChI is InChI=1S/C16H21NO2/c1-12(18)15-4-2-3-14-5-8-17(16(14)15)11-13-6-9-19-10-7-13/h2-4,13H,5-11H2,1H3. The number of anilines is 1. The Bertz CT molecular complexity index is 478. The first-order valence-electron chi connectivity index (χ1n) is 7.21. The molecule has 0 bridgehead atoms. The van der Waals surface area contributed by atoms with Gasteiger partial charge in [0.25, 0.3) is 0 Å². The lowest BCUT2D eigenvalue weighted by molar-refractivity contribution is 0.0683. The lowest BCUT2D eigenvalue weighted by atomic mass is 9.99. The second-order valence-electron chi connectivity index (χ2n) is 5.62. The van der Waals surface area contributed by atoms with E-state index in [0.29, 0.717) is 5.92 Å². The molecule has 0 radical (unpaired) electrons. The zero-order valence-electron chi connectivity index (χ0n) is 11.5. The normalized spacial score (nSPS) is 19.5. The lowest BCUT2D eigenvalue weighted by Crippen LogP contribution is -2.31. The van der Waals surface area contributed by atoms with Crippen molar-refractivity contribution in [3.8, 4) is 0 Å². The van der Waals surface area contributed by atoms with E-state index in [-0.39, 0.29) is 5.78 Å². The zero-order chi connectivity index (χ0) is 13.2. The monoisotopic (exact) mass is 259 g/mol. The van der Waals surface area contributed by atoms with Crippen LogP contribution >= 0.6 is 0 Å². The van der Waals surface area contributed by atoms with Crippen LogP contribution in [0.4, 0.5) is 5.69 Å². The van der Waals surface area contributed by atoms with Gasteiger partial charge in [-0.3, -0.25) is 4.79 Å². The number of rotatable bonds is 3. The highest BCUT2D eigenvalue weighted by molar-refractivity contribution is 6.00. The van der Waals surface area contributed by atoms with Crippen LogP contribution < -0.4 is 4.90 Å². The van der Waals surface area contributed by atoms with E-state index in [1.807, 2.05) is 12.1 Å². The van der Waals surface area contributed by atoms with E-state index < -0.39 is 0 Å². The number of hydrogen-bond acceptors (Lipinski definition) is 3. The minimum absolute atomic E-state index is 0.177. The van der Waals surface area contributed by atoms with Gasteiger partial charge < -0.3 is 9.64 Å². The number of nitrogens with zero attached hydrogens (tertiary/aromatic N) is 1. The van der Waals surface area contributed by atoms with Crippen molar-refractivity contribution in [2.24, 2.45) is 5.92 Å². The molecule has 2 aliphatic rings. The van der Waals surface area contributed by atoms with Gasteiger partial charge in [-0.25, -0.2) is 0 Å². The molecule has 102 valence electrons. The van der Waals surface area contributed by atoms with E-state index in [0.717, 1.165) is 51.1 Å². The average molecular weight is 259 g/mol. The fourth-order valence-electron chi connectivity index (χ4n) is 3.24. The van der Waals surface area contributed by atoms with Crippen LogP contribution in [0, 0.1) is 5.92 Å². The molecule has 1 fully saturated rings. The average Bonchev–Trinajstić information content (AvgIpc) is 2.83. The summed E-state index contributed by atoms with van der Waals surface area (Å²) in [4.78, 5) is 14.2. The van der Waals surface area contributed by atoms with Gasteiger partial charge >= 0.3 is 0 Å². The van der Waals surface area contributed by atoms with Crippen LogP contribution in [0.1, 0.15) is 35.7 Å². The summed E-state index contributed by atoms with van der Waals surface area (Å²) in [6.45, 7) is 5.57. The predicted molar refractivity (Wildman–Crippen MR) is 75.9 cm³/mol. The number of ketones is 1. The molecule has 3 heteroatoms. The Morgan fingerprint density at radius 3 is 2.89 bits per heavy atom. The van der Waals surface area contributed by atoms with Gasteiger partial charge in [-0.15, -0.1) is 0 Å². The number of benzene rings is 1. The van der Waals surface area contributed by atoms with Crippen LogP contribution in [-0.4, -0.2) is 32.1 Å². The molecule has 1 aromatic rings. The smallest absolute Gasteiger partial charge is 0.161 e. The number of fused-ring (bicyclic) bond motifs is 1. The summed E-state index contributed by atoms with van der Waals surface area (Å²) in [5, 5.41) is 0. The van der Waals surface area contributed by atoms with Gasteiger partial charge in [-0.05, 0) is 43.7 Å². The third-order valence-electron chi connectivity index (χ3n) is 4.29. The van der Waals surface area contributed by atoms with Crippen molar-refractivity contribution in [3.63, 3.8) is 0 Å². The van der Waals surface area contributed by atoms with Gasteiger partial charge in [0.1, 0.15) is 0 Å². The number of Topliss-reactive ketones (excluding diaryl/α,β-unsaturated/α-hetero) is 1. The molecule has 2 aliphatic heterocycles. The summed E-state index contributed by atoms with van der Waals surface area (Å²) in [5.41, 5.74) is 3.42. The van der Waals surface area contributed by atoms with Gasteiger partial charge in [0.2, 0.25) is 0 Å². The summed E-state index contributed by atoms with van der Waals surface area (Å²) < 4.78 is 5.42. The van der Waals surface area contributed by atoms with Crippen LogP contribution in [0.15, 0.2) is 18.2 Å². The highest BCUT2D eigenvalue weighted by Crippen LogP contribution is 2.33. The molecule has 0 aliphatic carbocycles. The Morgan fingerprint density at radius 2 is 2.16 bits per heavy atom. The Labute approximate surface area is 114 Å². The maximum absolute atomic E-state index is 11.8. The Hall–Kier alpha value is -1.35. The predicted octanol–water partition coefficient (Wildman–Crippen LogP) is 2.68. The van der Waals surface area contributed by atoms with Crippen LogP contribution in [0.5, 0.6) is 0 Å². The molecule has 0 N–H and O–H groups in total. The quantitative estimate of drug-likeness (QED) is 0.782. The summed E-state index contributed by atoms with van der Waals surface area (Å²) in [6.07, 6.45) is 3.36. The van der Waals surface area contributed by atoms with E-state index in [1.165, 1.54) is 11.3 Å². The molecule has 0 amide bonds. The molecule has 0 spiro atoms. The Kier molecular flexibility index (Phi) is 3.56. The first-order chi connectivity index (χ1) is 9.25. The molecule has 3 rings (SSSR count). The lowest BCUT2D eigenvalue weighted by Gasteiger charge is -2.29. The van der Waals surface area contributed by atoms with Gasteiger partial charge in [-0.2, -0.15) is 0 Å². The van der Waals surface area contributed by atoms with Crippen molar-refractivity contribution in [1.82, 2.24) is 0 Å². The first-order valence-corrected chi connectivity index (χ1v) is 7.21. The van der Waals surface area contributed by atoms with Crippen molar-refractivity contribution in [2.75, 3.05) is 31.2 Å². The van der Waals surface area contributed by atoms with E-state index >= 15 is 0 Å². The zero-order valence-corrected chi connectivity index (χ0v) is 11.5. The summed E-state index contributed by atoms with van der Waals surface area (Å²) in [5.74, 6) is 0.885. The number of carbonyl (C=O) groups is 1. The van der Waals surface area contributed by atoms with Gasteiger partial charge in [-0.1, -0.05) is 12.1 Å². The first kappa shape index (κ1) is 12.7. The van der Waals surface area contributed by atoms with Crippen LogP contribution in [0.3, 0.4) is 0 Å². The Balaban J connectivity index is 1.82. The third-order valence-corrected chi connectivity index (χ3v) is 4.29. The van der Waals surface area contributed by atoms with Crippen molar-refractivity contribution in [2.45, 2.75) is 26.2 Å². The minimum Gasteiger partial charge on any atom is -0.381 e. The van der Waals surface area contributed by atoms with E-state index in [4.69, 9.17) is 4.74 Å². The van der Waals surface area contributed by atoms with Crippen LogP contribution in [0.2, 0.25) is 0 Å². The molecular formula is C16H21NO2. The van der Waals surface area contributed by atoms with Crippen molar-refractivity contribution in [1.29, 1.82) is 0 Å². The molecule has 0 saturated carbocycles. The molecule has 19 heavy (non-hydrogen) atoms. The Morgan fingerprint density at radius 1 is 1.37 bits per heavy atom. The van der Waals surface area contributed by atoms with Gasteiger partial charge in [0, 0.05) is 31.9 Å². The molecular weight excluding hydrogens is 238 g/mol. The summed E-state index contributed by atoms with van der Waals surface area (Å²) >= 11 is 0. The number of ether oxygens (including phenoxy) is 1. The highest BCUT2D eigenvalue weighted by atomic mass is 16.5. The second kappa shape index (κ2) is 5.33. The maximum atomic E-state index is 11.8. The molecule has 3 nitrogen and oxygen atoms in total. The molecule has 0 aromatic heterocycles. The van der Waals surface area contributed by atoms with E-state index in [9.17, 15) is 4.79 Å². The summed E-state index contributed by atoms with van der Waals surface area (Å²) in [6, 6.07) is 6.13. The van der Waals surface area contributed by atoms with Crippen molar-refractivity contribution < 1.29 is 9.53 Å². The number of carbonyl (C=O) groups excluding carboxylic acids is 1.